The Balaban J connectivity index is 4.01. The zero-order chi connectivity index (χ0) is 9.02. The molecule has 0 aromatic rings. The van der Waals surface area contributed by atoms with Crippen molar-refractivity contribution < 1.29 is 4.79 Å². The van der Waals surface area contributed by atoms with Gasteiger partial charge in [-0.25, -0.2) is 0 Å². The van der Waals surface area contributed by atoms with E-state index in [1.807, 2.05) is 0 Å². The third kappa shape index (κ3) is 4.14. The van der Waals surface area contributed by atoms with Gasteiger partial charge < -0.3 is 5.32 Å². The SMILES string of the molecule is CC(=O)C(NC(C)C)C(C)C. The van der Waals surface area contributed by atoms with Crippen LogP contribution in [0.5, 0.6) is 0 Å². The summed E-state index contributed by atoms with van der Waals surface area (Å²) in [4.78, 5) is 11.1. The van der Waals surface area contributed by atoms with Crippen LogP contribution >= 0.6 is 0 Å². The summed E-state index contributed by atoms with van der Waals surface area (Å²) in [5, 5.41) is 3.23. The van der Waals surface area contributed by atoms with Crippen LogP contribution in [0.4, 0.5) is 0 Å². The summed E-state index contributed by atoms with van der Waals surface area (Å²) in [6, 6.07) is 0.404. The standard InChI is InChI=1S/C9H19NO/c1-6(2)9(8(5)11)10-7(3)4/h6-7,9-10H,1-5H3. The number of carbonyl (C=O) groups excluding carboxylic acids is 1. The monoisotopic (exact) mass is 157 g/mol. The molecule has 66 valence electrons. The van der Waals surface area contributed by atoms with Crippen molar-refractivity contribution in [3.8, 4) is 0 Å². The third-order valence-corrected chi connectivity index (χ3v) is 1.62. The highest BCUT2D eigenvalue weighted by atomic mass is 16.1. The molecule has 0 spiro atoms. The van der Waals surface area contributed by atoms with Crippen LogP contribution in [0.2, 0.25) is 0 Å². The van der Waals surface area contributed by atoms with Crippen LogP contribution in [-0.2, 0) is 4.79 Å². The van der Waals surface area contributed by atoms with Crippen molar-refractivity contribution in [2.24, 2.45) is 5.92 Å². The van der Waals surface area contributed by atoms with E-state index in [-0.39, 0.29) is 11.8 Å². The van der Waals surface area contributed by atoms with Gasteiger partial charge >= 0.3 is 0 Å². The quantitative estimate of drug-likeness (QED) is 0.671. The topological polar surface area (TPSA) is 29.1 Å². The molecule has 0 fully saturated rings. The highest BCUT2D eigenvalue weighted by Crippen LogP contribution is 2.03. The number of carbonyl (C=O) groups is 1. The van der Waals surface area contributed by atoms with Gasteiger partial charge in [0.05, 0.1) is 6.04 Å². The van der Waals surface area contributed by atoms with E-state index in [0.29, 0.717) is 12.0 Å². The summed E-state index contributed by atoms with van der Waals surface area (Å²) in [6.45, 7) is 9.86. The van der Waals surface area contributed by atoms with E-state index in [9.17, 15) is 4.79 Å². The Hall–Kier alpha value is -0.370. The number of rotatable bonds is 4. The van der Waals surface area contributed by atoms with Crippen molar-refractivity contribution in [1.82, 2.24) is 5.32 Å². The fourth-order valence-electron chi connectivity index (χ4n) is 1.14. The van der Waals surface area contributed by atoms with Crippen molar-refractivity contribution in [3.63, 3.8) is 0 Å². The first-order valence-electron chi connectivity index (χ1n) is 4.21. The highest BCUT2D eigenvalue weighted by molar-refractivity contribution is 5.81. The smallest absolute Gasteiger partial charge is 0.146 e. The molecule has 0 saturated carbocycles. The van der Waals surface area contributed by atoms with E-state index in [4.69, 9.17) is 0 Å². The van der Waals surface area contributed by atoms with Crippen LogP contribution in [0.1, 0.15) is 34.6 Å². The molecule has 2 heteroatoms. The van der Waals surface area contributed by atoms with Crippen molar-refractivity contribution >= 4 is 5.78 Å². The molecule has 0 saturated heterocycles. The van der Waals surface area contributed by atoms with Gasteiger partial charge in [0.1, 0.15) is 5.78 Å². The normalized spacial score (nSPS) is 14.1. The van der Waals surface area contributed by atoms with Crippen LogP contribution in [0.3, 0.4) is 0 Å². The Labute approximate surface area is 69.4 Å². The number of ketones is 1. The molecule has 1 unspecified atom stereocenters. The Morgan fingerprint density at radius 1 is 1.18 bits per heavy atom. The lowest BCUT2D eigenvalue weighted by atomic mass is 10.0. The summed E-state index contributed by atoms with van der Waals surface area (Å²) in [5.74, 6) is 0.614. The fourth-order valence-corrected chi connectivity index (χ4v) is 1.14. The summed E-state index contributed by atoms with van der Waals surface area (Å²) < 4.78 is 0. The zero-order valence-corrected chi connectivity index (χ0v) is 8.14. The first kappa shape index (κ1) is 10.6. The van der Waals surface area contributed by atoms with Gasteiger partial charge in [-0.3, -0.25) is 4.79 Å². The molecule has 0 aliphatic rings. The predicted octanol–water partition coefficient (Wildman–Crippen LogP) is 1.60. The Bertz CT molecular complexity index is 130. The van der Waals surface area contributed by atoms with Gasteiger partial charge in [0, 0.05) is 6.04 Å². The molecule has 11 heavy (non-hydrogen) atoms. The van der Waals surface area contributed by atoms with E-state index in [2.05, 4.69) is 33.0 Å². The molecule has 1 atom stereocenters. The molecule has 0 radical (unpaired) electrons. The lowest BCUT2D eigenvalue weighted by molar-refractivity contribution is -0.120. The molecule has 0 aromatic carbocycles. The molecular formula is C9H19NO. The van der Waals surface area contributed by atoms with E-state index >= 15 is 0 Å². The van der Waals surface area contributed by atoms with Crippen molar-refractivity contribution in [2.75, 3.05) is 0 Å². The van der Waals surface area contributed by atoms with Gasteiger partial charge in [0.15, 0.2) is 0 Å². The van der Waals surface area contributed by atoms with Gasteiger partial charge in [0.2, 0.25) is 0 Å². The van der Waals surface area contributed by atoms with Crippen LogP contribution in [0.25, 0.3) is 0 Å². The van der Waals surface area contributed by atoms with Gasteiger partial charge in [-0.05, 0) is 12.8 Å². The maximum Gasteiger partial charge on any atom is 0.146 e. The predicted molar refractivity (Wildman–Crippen MR) is 47.6 cm³/mol. The zero-order valence-electron chi connectivity index (χ0n) is 8.14. The lowest BCUT2D eigenvalue weighted by Gasteiger charge is -2.21. The van der Waals surface area contributed by atoms with Gasteiger partial charge in [-0.2, -0.15) is 0 Å². The minimum atomic E-state index is 0.0231. The van der Waals surface area contributed by atoms with E-state index in [0.717, 1.165) is 0 Å². The molecule has 0 bridgehead atoms. The van der Waals surface area contributed by atoms with Crippen molar-refractivity contribution in [1.29, 1.82) is 0 Å². The highest BCUT2D eigenvalue weighted by Gasteiger charge is 2.17. The third-order valence-electron chi connectivity index (χ3n) is 1.62. The number of hydrogen-bond donors (Lipinski definition) is 1. The summed E-state index contributed by atoms with van der Waals surface area (Å²) in [7, 11) is 0. The second-order valence-corrected chi connectivity index (χ2v) is 3.65. The van der Waals surface area contributed by atoms with Gasteiger partial charge in [-0.1, -0.05) is 27.7 Å². The second kappa shape index (κ2) is 4.50. The second-order valence-electron chi connectivity index (χ2n) is 3.65. The Kier molecular flexibility index (Phi) is 4.34. The summed E-state index contributed by atoms with van der Waals surface area (Å²) >= 11 is 0. The molecule has 1 N–H and O–H groups in total. The van der Waals surface area contributed by atoms with Crippen LogP contribution in [0.15, 0.2) is 0 Å². The van der Waals surface area contributed by atoms with Crippen LogP contribution < -0.4 is 5.32 Å². The van der Waals surface area contributed by atoms with Gasteiger partial charge in [-0.15, -0.1) is 0 Å². The van der Waals surface area contributed by atoms with Crippen LogP contribution in [0, 0.1) is 5.92 Å². The summed E-state index contributed by atoms with van der Waals surface area (Å²) in [5.41, 5.74) is 0. The first-order chi connectivity index (χ1) is 4.95. The largest absolute Gasteiger partial charge is 0.305 e. The average Bonchev–Trinajstić information content (AvgIpc) is 1.81. The minimum absolute atomic E-state index is 0.0231. The fraction of sp³-hybridized carbons (Fsp3) is 0.889. The summed E-state index contributed by atoms with van der Waals surface area (Å²) in [6.07, 6.45) is 0. The molecule has 0 aliphatic carbocycles. The minimum Gasteiger partial charge on any atom is -0.305 e. The lowest BCUT2D eigenvalue weighted by Crippen LogP contribution is -2.43. The molecule has 0 aliphatic heterocycles. The Morgan fingerprint density at radius 2 is 1.64 bits per heavy atom. The number of nitrogens with one attached hydrogen (secondary N) is 1. The molecule has 0 rings (SSSR count). The maximum atomic E-state index is 11.1. The Morgan fingerprint density at radius 3 is 1.73 bits per heavy atom. The molecule has 2 nitrogen and oxygen atoms in total. The number of hydrogen-bond acceptors (Lipinski definition) is 2. The molecule has 0 aromatic heterocycles. The molecular weight excluding hydrogens is 138 g/mol. The average molecular weight is 157 g/mol. The molecule has 0 heterocycles. The van der Waals surface area contributed by atoms with E-state index < -0.39 is 0 Å². The van der Waals surface area contributed by atoms with Crippen molar-refractivity contribution in [3.05, 3.63) is 0 Å². The first-order valence-corrected chi connectivity index (χ1v) is 4.21. The van der Waals surface area contributed by atoms with Gasteiger partial charge in [0.25, 0.3) is 0 Å². The van der Waals surface area contributed by atoms with E-state index in [1.165, 1.54) is 0 Å². The van der Waals surface area contributed by atoms with Crippen LogP contribution in [-0.4, -0.2) is 17.9 Å². The maximum absolute atomic E-state index is 11.1. The molecule has 0 amide bonds. The number of Topliss-reactive ketones (excluding diaryl/α,β-unsaturated/α-hetero) is 1. The van der Waals surface area contributed by atoms with Crippen molar-refractivity contribution in [2.45, 2.75) is 46.7 Å². The van der Waals surface area contributed by atoms with E-state index in [1.54, 1.807) is 6.92 Å².